The van der Waals surface area contributed by atoms with Crippen molar-refractivity contribution >= 4 is 22.7 Å². The first-order chi connectivity index (χ1) is 12.1. The minimum atomic E-state index is -1.12. The van der Waals surface area contributed by atoms with Crippen molar-refractivity contribution in [2.24, 2.45) is 0 Å². The van der Waals surface area contributed by atoms with Crippen molar-refractivity contribution in [2.45, 2.75) is 18.9 Å². The van der Waals surface area contributed by atoms with Crippen molar-refractivity contribution in [1.29, 1.82) is 5.26 Å². The lowest BCUT2D eigenvalue weighted by atomic mass is 10.1. The van der Waals surface area contributed by atoms with Gasteiger partial charge in [-0.2, -0.15) is 5.26 Å². The van der Waals surface area contributed by atoms with E-state index in [2.05, 4.69) is 16.0 Å². The van der Waals surface area contributed by atoms with E-state index in [1.807, 2.05) is 0 Å². The molecule has 6 heteroatoms. The lowest BCUT2D eigenvalue weighted by Crippen LogP contribution is -2.06. The van der Waals surface area contributed by atoms with Gasteiger partial charge in [0, 0.05) is 23.2 Å². The zero-order valence-electron chi connectivity index (χ0n) is 13.2. The monoisotopic (exact) mass is 333 g/mol. The number of nitrogens with one attached hydrogen (secondary N) is 1. The highest BCUT2D eigenvalue weighted by molar-refractivity contribution is 5.95. The number of aromatic hydroxyl groups is 1. The fourth-order valence-corrected chi connectivity index (χ4v) is 3.24. The number of nitrogens with zero attached hydrogens (tertiary/aromatic N) is 2. The van der Waals surface area contributed by atoms with E-state index in [9.17, 15) is 15.2 Å². The Hall–Kier alpha value is -3.46. The van der Waals surface area contributed by atoms with Crippen LogP contribution >= 0.6 is 0 Å². The van der Waals surface area contributed by atoms with E-state index >= 15 is 0 Å². The first-order valence-corrected chi connectivity index (χ1v) is 7.96. The number of carboxylic acid groups (broad SMARTS) is 1. The molecule has 0 atom stereocenters. The molecule has 25 heavy (non-hydrogen) atoms. The number of amides is 1. The molecule has 3 aromatic rings. The van der Waals surface area contributed by atoms with Crippen LogP contribution in [0.3, 0.4) is 0 Å². The Kier molecular flexibility index (Phi) is 3.36. The fourth-order valence-electron chi connectivity index (χ4n) is 3.24. The number of benzene rings is 2. The number of fused-ring (bicyclic) bond motifs is 1. The van der Waals surface area contributed by atoms with E-state index in [-0.39, 0.29) is 5.75 Å². The topological polar surface area (TPSA) is 98.3 Å². The molecule has 4 rings (SSSR count). The zero-order chi connectivity index (χ0) is 17.6. The molecule has 1 aliphatic rings. The number of phenols is 1. The minimum Gasteiger partial charge on any atom is -0.508 e. The number of phenolic OH excluding ortho intramolecular Hbond substituents is 1. The summed E-state index contributed by atoms with van der Waals surface area (Å²) in [5, 5.41) is 31.5. The molecular weight excluding hydrogens is 318 g/mol. The second kappa shape index (κ2) is 5.56. The lowest BCUT2D eigenvalue weighted by Gasteiger charge is -2.11. The van der Waals surface area contributed by atoms with Gasteiger partial charge < -0.3 is 14.8 Å². The third kappa shape index (κ3) is 2.56. The van der Waals surface area contributed by atoms with Gasteiger partial charge in [0.15, 0.2) is 0 Å². The van der Waals surface area contributed by atoms with Crippen LogP contribution in [0.25, 0.3) is 22.2 Å². The summed E-state index contributed by atoms with van der Waals surface area (Å²) >= 11 is 0. The van der Waals surface area contributed by atoms with E-state index in [0.717, 1.165) is 35.0 Å². The normalized spacial score (nSPS) is 13.6. The highest BCUT2D eigenvalue weighted by Gasteiger charge is 2.30. The molecule has 3 N–H and O–H groups in total. The Morgan fingerprint density at radius 2 is 1.92 bits per heavy atom. The summed E-state index contributed by atoms with van der Waals surface area (Å²) < 4.78 is 2.12. The van der Waals surface area contributed by atoms with Crippen LogP contribution in [0.1, 0.15) is 24.4 Å². The summed E-state index contributed by atoms with van der Waals surface area (Å²) in [5.74, 6) is 0.170. The Labute approximate surface area is 143 Å². The second-order valence-electron chi connectivity index (χ2n) is 6.15. The number of aromatic nitrogens is 1. The summed E-state index contributed by atoms with van der Waals surface area (Å²) in [5.41, 5.74) is 3.55. The first-order valence-electron chi connectivity index (χ1n) is 7.96. The molecule has 0 aliphatic heterocycles. The molecular formula is C19H15N3O3. The van der Waals surface area contributed by atoms with Crippen molar-refractivity contribution in [3.8, 4) is 23.1 Å². The van der Waals surface area contributed by atoms with Crippen LogP contribution in [0.5, 0.6) is 5.75 Å². The van der Waals surface area contributed by atoms with Crippen molar-refractivity contribution in [1.82, 2.24) is 4.57 Å². The molecule has 1 saturated carbocycles. The summed E-state index contributed by atoms with van der Waals surface area (Å²) in [4.78, 5) is 10.7. The molecule has 2 aromatic carbocycles. The van der Waals surface area contributed by atoms with E-state index < -0.39 is 6.09 Å². The van der Waals surface area contributed by atoms with E-state index in [1.54, 1.807) is 42.5 Å². The maximum atomic E-state index is 10.7. The van der Waals surface area contributed by atoms with Crippen LogP contribution in [0.15, 0.2) is 42.5 Å². The van der Waals surface area contributed by atoms with Gasteiger partial charge in [0.05, 0.1) is 16.8 Å². The van der Waals surface area contributed by atoms with Crippen LogP contribution < -0.4 is 5.32 Å². The summed E-state index contributed by atoms with van der Waals surface area (Å²) in [6.07, 6.45) is 0.958. The molecule has 1 fully saturated rings. The fraction of sp³-hybridized carbons (Fsp3) is 0.158. The van der Waals surface area contributed by atoms with Crippen molar-refractivity contribution in [3.63, 3.8) is 0 Å². The first kappa shape index (κ1) is 15.1. The molecule has 1 amide bonds. The molecule has 0 radical (unpaired) electrons. The zero-order valence-corrected chi connectivity index (χ0v) is 13.2. The predicted molar refractivity (Wildman–Crippen MR) is 93.7 cm³/mol. The van der Waals surface area contributed by atoms with Gasteiger partial charge in [-0.05, 0) is 42.7 Å². The Morgan fingerprint density at radius 3 is 2.52 bits per heavy atom. The number of carbonyl (C=O) groups is 1. The molecule has 1 aliphatic carbocycles. The smallest absolute Gasteiger partial charge is 0.409 e. The molecule has 0 bridgehead atoms. The maximum absolute atomic E-state index is 10.7. The second-order valence-corrected chi connectivity index (χ2v) is 6.15. The standard InChI is InChI=1S/C19H15N3O3/c20-10-16-15-8-7-14(23)9-17(15)22(13-5-6-13)18(16)11-1-3-12(4-2-11)21-19(24)25/h1-4,7-9,13,21,23H,5-6H2,(H,24,25). The predicted octanol–water partition coefficient (Wildman–Crippen LogP) is 4.31. The van der Waals surface area contributed by atoms with Gasteiger partial charge in [0.1, 0.15) is 11.8 Å². The van der Waals surface area contributed by atoms with E-state index in [1.165, 1.54) is 0 Å². The quantitative estimate of drug-likeness (QED) is 0.665. The summed E-state index contributed by atoms with van der Waals surface area (Å²) in [6, 6.07) is 14.6. The van der Waals surface area contributed by atoms with E-state index in [4.69, 9.17) is 5.11 Å². The SMILES string of the molecule is N#Cc1c(-c2ccc(NC(=O)O)cc2)n(C2CC2)c2cc(O)ccc12. The lowest BCUT2D eigenvalue weighted by molar-refractivity contribution is 0.210. The van der Waals surface area contributed by atoms with Gasteiger partial charge in [-0.1, -0.05) is 12.1 Å². The average Bonchev–Trinajstić information content (AvgIpc) is 3.36. The van der Waals surface area contributed by atoms with Gasteiger partial charge in [0.2, 0.25) is 0 Å². The van der Waals surface area contributed by atoms with Gasteiger partial charge in [-0.15, -0.1) is 0 Å². The van der Waals surface area contributed by atoms with E-state index in [0.29, 0.717) is 17.3 Å². The van der Waals surface area contributed by atoms with Gasteiger partial charge in [-0.3, -0.25) is 5.32 Å². The highest BCUT2D eigenvalue weighted by Crippen LogP contribution is 2.45. The number of hydrogen-bond donors (Lipinski definition) is 3. The molecule has 0 unspecified atom stereocenters. The maximum Gasteiger partial charge on any atom is 0.409 e. The molecule has 124 valence electrons. The van der Waals surface area contributed by atoms with Gasteiger partial charge in [-0.25, -0.2) is 4.79 Å². The van der Waals surface area contributed by atoms with Gasteiger partial charge >= 0.3 is 6.09 Å². The Bertz CT molecular complexity index is 1020. The summed E-state index contributed by atoms with van der Waals surface area (Å²) in [7, 11) is 0. The third-order valence-corrected chi connectivity index (χ3v) is 4.42. The number of hydrogen-bond acceptors (Lipinski definition) is 3. The molecule has 0 saturated heterocycles. The third-order valence-electron chi connectivity index (χ3n) is 4.42. The van der Waals surface area contributed by atoms with Crippen LogP contribution in [0.4, 0.5) is 10.5 Å². The number of nitriles is 1. The summed E-state index contributed by atoms with van der Waals surface area (Å²) in [6.45, 7) is 0. The Morgan fingerprint density at radius 1 is 1.20 bits per heavy atom. The average molecular weight is 333 g/mol. The largest absolute Gasteiger partial charge is 0.508 e. The number of anilines is 1. The van der Waals surface area contributed by atoms with Gasteiger partial charge in [0.25, 0.3) is 0 Å². The van der Waals surface area contributed by atoms with Crippen LogP contribution in [-0.2, 0) is 0 Å². The number of rotatable bonds is 3. The van der Waals surface area contributed by atoms with Crippen molar-refractivity contribution in [3.05, 3.63) is 48.0 Å². The Balaban J connectivity index is 1.93. The molecule has 1 heterocycles. The minimum absolute atomic E-state index is 0.170. The van der Waals surface area contributed by atoms with Crippen LogP contribution in [-0.4, -0.2) is 20.9 Å². The molecule has 6 nitrogen and oxygen atoms in total. The molecule has 1 aromatic heterocycles. The molecule has 0 spiro atoms. The van der Waals surface area contributed by atoms with Crippen LogP contribution in [0, 0.1) is 11.3 Å². The van der Waals surface area contributed by atoms with Crippen molar-refractivity contribution in [2.75, 3.05) is 5.32 Å². The van der Waals surface area contributed by atoms with Crippen molar-refractivity contribution < 1.29 is 15.0 Å². The highest BCUT2D eigenvalue weighted by atomic mass is 16.4. The van der Waals surface area contributed by atoms with Crippen LogP contribution in [0.2, 0.25) is 0 Å².